The highest BCUT2D eigenvalue weighted by Crippen LogP contribution is 2.38. The van der Waals surface area contributed by atoms with Crippen molar-refractivity contribution in [2.45, 2.75) is 31.1 Å². The second kappa shape index (κ2) is 10.4. The Kier molecular flexibility index (Phi) is 7.02. The number of ether oxygens (including phenoxy) is 3. The summed E-state index contributed by atoms with van der Waals surface area (Å²) in [4.78, 5) is 16.5. The first-order chi connectivity index (χ1) is 18.2. The Bertz CT molecular complexity index is 1630. The van der Waals surface area contributed by atoms with Gasteiger partial charge in [-0.15, -0.1) is 0 Å². The lowest BCUT2D eigenvalue weighted by Crippen LogP contribution is -2.19. The first-order valence-corrected chi connectivity index (χ1v) is 13.9. The van der Waals surface area contributed by atoms with E-state index in [2.05, 4.69) is 9.71 Å². The average Bonchev–Trinajstić information content (AvgIpc) is 3.72. The van der Waals surface area contributed by atoms with E-state index in [-0.39, 0.29) is 22.0 Å². The molecule has 11 heteroatoms. The van der Waals surface area contributed by atoms with Crippen LogP contribution >= 0.6 is 0 Å². The molecule has 1 N–H and O–H groups in total. The first kappa shape index (κ1) is 25.7. The highest BCUT2D eigenvalue weighted by Gasteiger charge is 2.23. The number of nitrogens with one attached hydrogen (secondary N) is 1. The molecule has 2 aromatic heterocycles. The number of aryl methyl sites for hydroxylation is 2. The molecule has 0 bridgehead atoms. The average molecular weight is 539 g/mol. The van der Waals surface area contributed by atoms with Crippen molar-refractivity contribution in [3.63, 3.8) is 0 Å². The molecule has 0 unspecified atom stereocenters. The summed E-state index contributed by atoms with van der Waals surface area (Å²) >= 11 is 0. The van der Waals surface area contributed by atoms with Gasteiger partial charge in [-0.3, -0.25) is 18.8 Å². The Morgan fingerprint density at radius 1 is 1.00 bits per heavy atom. The number of benzene rings is 2. The third-order valence-corrected chi connectivity index (χ3v) is 7.65. The van der Waals surface area contributed by atoms with Gasteiger partial charge >= 0.3 is 5.69 Å². The molecule has 10 nitrogen and oxygen atoms in total. The molecule has 0 atom stereocenters. The molecule has 0 spiro atoms. The van der Waals surface area contributed by atoms with E-state index in [0.29, 0.717) is 47.4 Å². The van der Waals surface area contributed by atoms with Crippen molar-refractivity contribution in [1.82, 2.24) is 14.1 Å². The Labute approximate surface area is 220 Å². The van der Waals surface area contributed by atoms with Crippen LogP contribution in [0.25, 0.3) is 11.0 Å². The maximum atomic E-state index is 13.2. The Hall–Kier alpha value is -3.99. The van der Waals surface area contributed by atoms with E-state index in [1.54, 1.807) is 44.4 Å². The van der Waals surface area contributed by atoms with Gasteiger partial charge in [0.25, 0.3) is 10.0 Å². The van der Waals surface area contributed by atoms with E-state index in [0.717, 1.165) is 19.3 Å². The molecule has 5 rings (SSSR count). The van der Waals surface area contributed by atoms with Crippen LogP contribution in [0, 0.1) is 5.92 Å². The molecule has 200 valence electrons. The molecule has 0 amide bonds. The van der Waals surface area contributed by atoms with Gasteiger partial charge in [0.2, 0.25) is 0 Å². The summed E-state index contributed by atoms with van der Waals surface area (Å²) in [6, 6.07) is 11.5. The number of nitrogens with zero attached hydrogens (tertiary/aromatic N) is 3. The van der Waals surface area contributed by atoms with E-state index >= 15 is 0 Å². The molecule has 1 saturated carbocycles. The highest BCUT2D eigenvalue weighted by molar-refractivity contribution is 7.92. The fourth-order valence-corrected chi connectivity index (χ4v) is 5.04. The van der Waals surface area contributed by atoms with Crippen molar-refractivity contribution in [3.8, 4) is 23.0 Å². The molecule has 4 aromatic rings. The lowest BCUT2D eigenvalue weighted by atomic mass is 10.2. The van der Waals surface area contributed by atoms with Crippen LogP contribution in [0.15, 0.2) is 64.5 Å². The van der Waals surface area contributed by atoms with Crippen LogP contribution in [0.2, 0.25) is 0 Å². The van der Waals surface area contributed by atoms with Gasteiger partial charge in [-0.1, -0.05) is 6.92 Å². The van der Waals surface area contributed by atoms with Gasteiger partial charge in [-0.05, 0) is 43.4 Å². The third-order valence-electron chi connectivity index (χ3n) is 6.30. The number of aromatic nitrogens is 3. The monoisotopic (exact) mass is 538 g/mol. The summed E-state index contributed by atoms with van der Waals surface area (Å²) in [6.07, 6.45) is 5.91. The third kappa shape index (κ3) is 5.47. The molecule has 38 heavy (non-hydrogen) atoms. The van der Waals surface area contributed by atoms with Gasteiger partial charge in [0.05, 0.1) is 29.9 Å². The lowest BCUT2D eigenvalue weighted by molar-refractivity contribution is 0.288. The number of hydrogen-bond acceptors (Lipinski definition) is 7. The summed E-state index contributed by atoms with van der Waals surface area (Å²) in [7, 11) is -0.711. The van der Waals surface area contributed by atoms with Crippen LogP contribution in [0.4, 0.5) is 5.69 Å². The zero-order valence-electron chi connectivity index (χ0n) is 21.5. The van der Waals surface area contributed by atoms with Crippen molar-refractivity contribution >= 4 is 26.7 Å². The fraction of sp³-hybridized carbons (Fsp3) is 0.333. The van der Waals surface area contributed by atoms with E-state index in [1.165, 1.54) is 27.6 Å². The maximum absolute atomic E-state index is 13.2. The topological polar surface area (TPSA) is 114 Å². The van der Waals surface area contributed by atoms with Crippen molar-refractivity contribution in [2.75, 3.05) is 17.9 Å². The minimum absolute atomic E-state index is 0.00118. The maximum Gasteiger partial charge on any atom is 0.328 e. The van der Waals surface area contributed by atoms with Crippen LogP contribution in [0.1, 0.15) is 26.2 Å². The molecule has 2 heterocycles. The number of anilines is 1. The molecular formula is C27H30N4O6S. The predicted octanol–water partition coefficient (Wildman–Crippen LogP) is 4.44. The molecule has 1 aliphatic rings. The van der Waals surface area contributed by atoms with Crippen LogP contribution in [-0.4, -0.2) is 35.7 Å². The Morgan fingerprint density at radius 3 is 2.34 bits per heavy atom. The standard InChI is InChI=1S/C27H30N4O6S/c1-4-10-35-19-11-20(36-17-18-7-8-18)13-21(12-19)37-26-15-25-24(30(2)27(32)31(25)3)14-23(26)29-38(33,34)22-6-5-9-28-16-22/h5-6,9,11-16,18,29H,4,7-8,10,17H2,1-3H3. The quantitative estimate of drug-likeness (QED) is 0.300. The second-order valence-electron chi connectivity index (χ2n) is 9.38. The zero-order valence-corrected chi connectivity index (χ0v) is 22.3. The molecule has 0 saturated heterocycles. The number of fused-ring (bicyclic) bond motifs is 1. The Morgan fingerprint density at radius 2 is 1.68 bits per heavy atom. The molecule has 1 aliphatic carbocycles. The van der Waals surface area contributed by atoms with Crippen molar-refractivity contribution < 1.29 is 22.6 Å². The second-order valence-corrected chi connectivity index (χ2v) is 11.1. The number of sulfonamides is 1. The van der Waals surface area contributed by atoms with Gasteiger partial charge in [-0.2, -0.15) is 0 Å². The largest absolute Gasteiger partial charge is 0.493 e. The summed E-state index contributed by atoms with van der Waals surface area (Å²) in [6.45, 7) is 3.16. The molecular weight excluding hydrogens is 508 g/mol. The molecule has 0 aliphatic heterocycles. The van der Waals surface area contributed by atoms with Gasteiger partial charge in [0, 0.05) is 50.8 Å². The minimum atomic E-state index is -3.99. The number of rotatable bonds is 11. The van der Waals surface area contributed by atoms with Crippen LogP contribution < -0.4 is 24.6 Å². The molecule has 1 fully saturated rings. The van der Waals surface area contributed by atoms with Crippen molar-refractivity contribution in [2.24, 2.45) is 20.0 Å². The van der Waals surface area contributed by atoms with E-state index < -0.39 is 10.0 Å². The van der Waals surface area contributed by atoms with E-state index in [1.807, 2.05) is 13.0 Å². The predicted molar refractivity (Wildman–Crippen MR) is 144 cm³/mol. The summed E-state index contributed by atoms with van der Waals surface area (Å²) in [5.41, 5.74) is 1.05. The van der Waals surface area contributed by atoms with Gasteiger partial charge in [0.15, 0.2) is 5.75 Å². The smallest absolute Gasteiger partial charge is 0.328 e. The molecule has 0 radical (unpaired) electrons. The first-order valence-electron chi connectivity index (χ1n) is 12.5. The van der Waals surface area contributed by atoms with Crippen molar-refractivity contribution in [3.05, 3.63) is 65.3 Å². The Balaban J connectivity index is 1.57. The van der Waals surface area contributed by atoms with Gasteiger partial charge in [0.1, 0.15) is 22.1 Å². The van der Waals surface area contributed by atoms with Gasteiger partial charge < -0.3 is 14.2 Å². The molecule has 2 aromatic carbocycles. The minimum Gasteiger partial charge on any atom is -0.493 e. The van der Waals surface area contributed by atoms with Crippen LogP contribution in [0.3, 0.4) is 0 Å². The number of imidazole rings is 1. The number of pyridine rings is 1. The summed E-state index contributed by atoms with van der Waals surface area (Å²) in [5.74, 6) is 2.38. The van der Waals surface area contributed by atoms with Crippen LogP contribution in [-0.2, 0) is 24.1 Å². The highest BCUT2D eigenvalue weighted by atomic mass is 32.2. The summed E-state index contributed by atoms with van der Waals surface area (Å²) < 4.78 is 49.9. The van der Waals surface area contributed by atoms with Crippen LogP contribution in [0.5, 0.6) is 23.0 Å². The zero-order chi connectivity index (χ0) is 26.9. The normalized spacial score (nSPS) is 13.4. The van der Waals surface area contributed by atoms with E-state index in [4.69, 9.17) is 14.2 Å². The summed E-state index contributed by atoms with van der Waals surface area (Å²) in [5, 5.41) is 0. The SMILES string of the molecule is CCCOc1cc(OCC2CC2)cc(Oc2cc3c(cc2NS(=O)(=O)c2cccnc2)n(C)c(=O)n3C)c1. The lowest BCUT2D eigenvalue weighted by Gasteiger charge is -2.16. The van der Waals surface area contributed by atoms with Gasteiger partial charge in [-0.25, -0.2) is 13.2 Å². The fourth-order valence-electron chi connectivity index (χ4n) is 4.02. The van der Waals surface area contributed by atoms with E-state index in [9.17, 15) is 13.2 Å². The van der Waals surface area contributed by atoms with Crippen molar-refractivity contribution in [1.29, 1.82) is 0 Å². The number of hydrogen-bond donors (Lipinski definition) is 1.